The molecule has 0 aliphatic carbocycles. The lowest BCUT2D eigenvalue weighted by Crippen LogP contribution is -2.26. The molecule has 1 aliphatic heterocycles. The van der Waals surface area contributed by atoms with Crippen LogP contribution in [0.2, 0.25) is 0 Å². The van der Waals surface area contributed by atoms with E-state index in [4.69, 9.17) is 10.5 Å². The highest BCUT2D eigenvalue weighted by atomic mass is 32.1. The zero-order valence-electron chi connectivity index (χ0n) is 14.1. The maximum absolute atomic E-state index is 5.86. The van der Waals surface area contributed by atoms with Crippen molar-refractivity contribution in [1.82, 2.24) is 13.6 Å². The lowest BCUT2D eigenvalue weighted by molar-refractivity contribution is 0.259. The first-order chi connectivity index (χ1) is 11.7. The minimum absolute atomic E-state index is 0.463. The van der Waals surface area contributed by atoms with Crippen LogP contribution in [-0.4, -0.2) is 39.4 Å². The Morgan fingerprint density at radius 2 is 2.33 bits per heavy atom. The fourth-order valence-electron chi connectivity index (χ4n) is 2.98. The van der Waals surface area contributed by atoms with E-state index in [1.165, 1.54) is 24.9 Å². The number of benzene rings is 1. The lowest BCUT2D eigenvalue weighted by atomic mass is 10.2. The molecule has 130 valence electrons. The molecule has 0 saturated carbocycles. The number of nitrogens with one attached hydrogen (secondary N) is 1. The summed E-state index contributed by atoms with van der Waals surface area (Å²) in [5, 5.41) is 3.17. The Morgan fingerprint density at radius 1 is 1.42 bits per heavy atom. The molecule has 7 heteroatoms. The average molecular weight is 347 g/mol. The van der Waals surface area contributed by atoms with Crippen LogP contribution in [0.15, 0.2) is 24.3 Å². The summed E-state index contributed by atoms with van der Waals surface area (Å²) < 4.78 is 13.9. The molecular weight excluding hydrogens is 322 g/mol. The standard InChI is InChI=1S/C17H25N5OS/c1-13-5-3-9-22(13)12-14-6-2-7-15(11-14)23-10-4-8-19-17-16(18)20-24-21-17/h2,6-7,11,13H,3-5,8-10,12H2,1H3,(H2,18,20)(H,19,21). The maximum atomic E-state index is 5.86. The summed E-state index contributed by atoms with van der Waals surface area (Å²) in [6, 6.07) is 9.12. The van der Waals surface area contributed by atoms with Crippen molar-refractivity contribution in [2.45, 2.75) is 38.8 Å². The van der Waals surface area contributed by atoms with Crippen LogP contribution in [0.25, 0.3) is 0 Å². The monoisotopic (exact) mass is 347 g/mol. The molecule has 1 unspecified atom stereocenters. The molecule has 0 amide bonds. The van der Waals surface area contributed by atoms with E-state index in [9.17, 15) is 0 Å². The Hall–Kier alpha value is -1.86. The minimum atomic E-state index is 0.463. The third kappa shape index (κ3) is 4.58. The lowest BCUT2D eigenvalue weighted by Gasteiger charge is -2.21. The van der Waals surface area contributed by atoms with Crippen LogP contribution < -0.4 is 15.8 Å². The van der Waals surface area contributed by atoms with Crippen LogP contribution in [0.5, 0.6) is 5.75 Å². The summed E-state index contributed by atoms with van der Waals surface area (Å²) in [5.41, 5.74) is 7.00. The van der Waals surface area contributed by atoms with Crippen LogP contribution in [-0.2, 0) is 6.54 Å². The molecule has 1 atom stereocenters. The summed E-state index contributed by atoms with van der Waals surface area (Å²) >= 11 is 1.12. The van der Waals surface area contributed by atoms with Crippen LogP contribution in [0.1, 0.15) is 31.7 Å². The van der Waals surface area contributed by atoms with Gasteiger partial charge >= 0.3 is 0 Å². The molecule has 1 fully saturated rings. The van der Waals surface area contributed by atoms with E-state index < -0.39 is 0 Å². The van der Waals surface area contributed by atoms with Crippen LogP contribution in [0.3, 0.4) is 0 Å². The number of hydrogen-bond donors (Lipinski definition) is 2. The second kappa shape index (κ2) is 8.30. The second-order valence-electron chi connectivity index (χ2n) is 6.24. The van der Waals surface area contributed by atoms with Gasteiger partial charge in [-0.05, 0) is 50.4 Å². The zero-order valence-corrected chi connectivity index (χ0v) is 14.9. The fraction of sp³-hybridized carbons (Fsp3) is 0.529. The summed E-state index contributed by atoms with van der Waals surface area (Å²) in [6.07, 6.45) is 3.50. The Bertz CT molecular complexity index is 647. The number of likely N-dealkylation sites (tertiary alicyclic amines) is 1. The SMILES string of the molecule is CC1CCCN1Cc1cccc(OCCCNc2nsnc2N)c1. The van der Waals surface area contributed by atoms with E-state index in [2.05, 4.69) is 44.1 Å². The van der Waals surface area contributed by atoms with Crippen molar-refractivity contribution in [2.24, 2.45) is 0 Å². The molecule has 1 aliphatic rings. The molecule has 2 heterocycles. The molecule has 6 nitrogen and oxygen atoms in total. The largest absolute Gasteiger partial charge is 0.494 e. The van der Waals surface area contributed by atoms with Gasteiger partial charge < -0.3 is 15.8 Å². The van der Waals surface area contributed by atoms with Gasteiger partial charge in [0.05, 0.1) is 18.3 Å². The number of aromatic nitrogens is 2. The van der Waals surface area contributed by atoms with Gasteiger partial charge in [0.25, 0.3) is 0 Å². The van der Waals surface area contributed by atoms with Gasteiger partial charge in [0, 0.05) is 19.1 Å². The highest BCUT2D eigenvalue weighted by Gasteiger charge is 2.19. The number of hydrogen-bond acceptors (Lipinski definition) is 7. The van der Waals surface area contributed by atoms with Crippen molar-refractivity contribution in [2.75, 3.05) is 30.7 Å². The molecule has 3 N–H and O–H groups in total. The average Bonchev–Trinajstić information content (AvgIpc) is 3.17. The summed E-state index contributed by atoms with van der Waals surface area (Å²) in [6.45, 7) is 5.95. The molecule has 0 radical (unpaired) electrons. The molecule has 0 bridgehead atoms. The van der Waals surface area contributed by atoms with Gasteiger partial charge in [0.15, 0.2) is 11.6 Å². The first-order valence-corrected chi connectivity index (χ1v) is 9.23. The molecular formula is C17H25N5OS. The number of nitrogens with zero attached hydrogens (tertiary/aromatic N) is 3. The van der Waals surface area contributed by atoms with Crippen molar-refractivity contribution >= 4 is 23.4 Å². The molecule has 1 saturated heterocycles. The number of rotatable bonds is 8. The van der Waals surface area contributed by atoms with Crippen LogP contribution in [0.4, 0.5) is 11.6 Å². The van der Waals surface area contributed by atoms with Crippen molar-refractivity contribution in [3.63, 3.8) is 0 Å². The zero-order chi connectivity index (χ0) is 16.8. The van der Waals surface area contributed by atoms with Gasteiger partial charge in [-0.25, -0.2) is 0 Å². The van der Waals surface area contributed by atoms with Crippen molar-refractivity contribution in [3.8, 4) is 5.75 Å². The van der Waals surface area contributed by atoms with Gasteiger partial charge in [-0.1, -0.05) is 12.1 Å². The van der Waals surface area contributed by atoms with E-state index in [1.807, 2.05) is 6.07 Å². The molecule has 24 heavy (non-hydrogen) atoms. The topological polar surface area (TPSA) is 76.3 Å². The minimum Gasteiger partial charge on any atom is -0.494 e. The summed E-state index contributed by atoms with van der Waals surface area (Å²) in [4.78, 5) is 2.54. The number of ether oxygens (including phenoxy) is 1. The van der Waals surface area contributed by atoms with Gasteiger partial charge in [-0.15, -0.1) is 0 Å². The van der Waals surface area contributed by atoms with E-state index in [0.717, 1.165) is 37.0 Å². The first kappa shape index (κ1) is 17.0. The Kier molecular flexibility index (Phi) is 5.87. The highest BCUT2D eigenvalue weighted by molar-refractivity contribution is 6.99. The van der Waals surface area contributed by atoms with Crippen LogP contribution in [0, 0.1) is 0 Å². The van der Waals surface area contributed by atoms with E-state index in [-0.39, 0.29) is 0 Å². The number of anilines is 2. The smallest absolute Gasteiger partial charge is 0.184 e. The molecule has 0 spiro atoms. The molecule has 1 aromatic heterocycles. The predicted octanol–water partition coefficient (Wildman–Crippen LogP) is 2.99. The number of nitrogen functional groups attached to an aromatic ring is 1. The third-order valence-electron chi connectivity index (χ3n) is 4.37. The van der Waals surface area contributed by atoms with Gasteiger partial charge in [0.2, 0.25) is 0 Å². The molecule has 3 rings (SSSR count). The third-order valence-corrected chi connectivity index (χ3v) is 4.91. The van der Waals surface area contributed by atoms with E-state index in [1.54, 1.807) is 0 Å². The molecule has 1 aromatic carbocycles. The number of nitrogens with two attached hydrogens (primary N) is 1. The van der Waals surface area contributed by atoms with Crippen molar-refractivity contribution < 1.29 is 4.74 Å². The highest BCUT2D eigenvalue weighted by Crippen LogP contribution is 2.21. The van der Waals surface area contributed by atoms with Gasteiger partial charge in [0.1, 0.15) is 5.75 Å². The fourth-order valence-corrected chi connectivity index (χ4v) is 3.44. The summed E-state index contributed by atoms with van der Waals surface area (Å²) in [7, 11) is 0. The quantitative estimate of drug-likeness (QED) is 0.715. The Morgan fingerprint density at radius 3 is 3.08 bits per heavy atom. The second-order valence-corrected chi connectivity index (χ2v) is 6.76. The van der Waals surface area contributed by atoms with E-state index in [0.29, 0.717) is 24.3 Å². The maximum Gasteiger partial charge on any atom is 0.184 e. The van der Waals surface area contributed by atoms with Crippen LogP contribution >= 0.6 is 11.7 Å². The molecule has 2 aromatic rings. The van der Waals surface area contributed by atoms with Crippen molar-refractivity contribution in [3.05, 3.63) is 29.8 Å². The predicted molar refractivity (Wildman–Crippen MR) is 98.5 cm³/mol. The first-order valence-electron chi connectivity index (χ1n) is 8.50. The Labute approximate surface area is 147 Å². The van der Waals surface area contributed by atoms with Gasteiger partial charge in [-0.2, -0.15) is 8.75 Å². The normalized spacial score (nSPS) is 18.0. The van der Waals surface area contributed by atoms with E-state index >= 15 is 0 Å². The summed E-state index contributed by atoms with van der Waals surface area (Å²) in [5.74, 6) is 2.07. The van der Waals surface area contributed by atoms with Crippen molar-refractivity contribution in [1.29, 1.82) is 0 Å². The van der Waals surface area contributed by atoms with Gasteiger partial charge in [-0.3, -0.25) is 4.90 Å². The Balaban J connectivity index is 1.40.